The number of hydrogen-bond donors (Lipinski definition) is 3. The fourth-order valence-electron chi connectivity index (χ4n) is 2.96. The number of anilines is 1. The molecule has 7 nitrogen and oxygen atoms in total. The first kappa shape index (κ1) is 15.3. The number of piperazine rings is 1. The quantitative estimate of drug-likeness (QED) is 0.738. The average Bonchev–Trinajstić information content (AvgIpc) is 2.92. The molecule has 8 heteroatoms. The largest absolute Gasteiger partial charge is 0.343 e. The van der Waals surface area contributed by atoms with E-state index in [4.69, 9.17) is 0 Å². The molecule has 23 heavy (non-hydrogen) atoms. The highest BCUT2D eigenvalue weighted by Gasteiger charge is 2.45. The van der Waals surface area contributed by atoms with E-state index in [2.05, 4.69) is 16.0 Å². The zero-order valence-corrected chi connectivity index (χ0v) is 12.5. The summed E-state index contributed by atoms with van der Waals surface area (Å²) >= 11 is 0. The summed E-state index contributed by atoms with van der Waals surface area (Å²) in [5.74, 6) is -0.904. The molecule has 1 aromatic rings. The van der Waals surface area contributed by atoms with Gasteiger partial charge in [-0.1, -0.05) is 12.1 Å². The number of halogens is 1. The van der Waals surface area contributed by atoms with Crippen LogP contribution < -0.4 is 16.0 Å². The lowest BCUT2D eigenvalue weighted by Gasteiger charge is -2.32. The maximum absolute atomic E-state index is 13.5. The van der Waals surface area contributed by atoms with Crippen molar-refractivity contribution in [1.82, 2.24) is 15.5 Å². The van der Waals surface area contributed by atoms with Crippen molar-refractivity contribution in [3.8, 4) is 0 Å². The van der Waals surface area contributed by atoms with Gasteiger partial charge in [0, 0.05) is 6.54 Å². The Balaban J connectivity index is 1.61. The van der Waals surface area contributed by atoms with Crippen LogP contribution in [0, 0.1) is 5.82 Å². The lowest BCUT2D eigenvalue weighted by molar-refractivity contribution is -0.146. The first-order valence-electron chi connectivity index (χ1n) is 7.38. The maximum atomic E-state index is 13.5. The van der Waals surface area contributed by atoms with Crippen molar-refractivity contribution in [3.05, 3.63) is 30.1 Å². The molecule has 0 radical (unpaired) electrons. The number of nitrogens with zero attached hydrogens (tertiary/aromatic N) is 1. The number of carbonyl (C=O) groups is 3. The summed E-state index contributed by atoms with van der Waals surface area (Å²) in [4.78, 5) is 37.4. The normalized spacial score (nSPS) is 26.5. The number of rotatable bonds is 2. The molecule has 0 aliphatic carbocycles. The second-order valence-corrected chi connectivity index (χ2v) is 5.75. The summed E-state index contributed by atoms with van der Waals surface area (Å²) in [6.07, 6.45) is 0.342. The highest BCUT2D eigenvalue weighted by molar-refractivity contribution is 5.97. The smallest absolute Gasteiger partial charge is 0.319 e. The van der Waals surface area contributed by atoms with Gasteiger partial charge in [0.1, 0.15) is 17.9 Å². The number of urea groups is 1. The van der Waals surface area contributed by atoms with E-state index in [1.54, 1.807) is 13.0 Å². The van der Waals surface area contributed by atoms with Crippen molar-refractivity contribution in [1.29, 1.82) is 0 Å². The molecule has 1 aromatic carbocycles. The Morgan fingerprint density at radius 2 is 2.09 bits per heavy atom. The summed E-state index contributed by atoms with van der Waals surface area (Å²) in [5.41, 5.74) is 0.0724. The van der Waals surface area contributed by atoms with Gasteiger partial charge in [-0.15, -0.1) is 0 Å². The molecule has 0 spiro atoms. The van der Waals surface area contributed by atoms with Crippen LogP contribution in [0.25, 0.3) is 0 Å². The van der Waals surface area contributed by atoms with Crippen LogP contribution >= 0.6 is 0 Å². The molecule has 2 fully saturated rings. The molecule has 3 atom stereocenters. The van der Waals surface area contributed by atoms with E-state index in [0.29, 0.717) is 6.42 Å². The van der Waals surface area contributed by atoms with Crippen molar-refractivity contribution in [2.24, 2.45) is 0 Å². The Bertz CT molecular complexity index is 666. The summed E-state index contributed by atoms with van der Waals surface area (Å²) in [6.45, 7) is 1.90. The van der Waals surface area contributed by atoms with E-state index >= 15 is 0 Å². The van der Waals surface area contributed by atoms with E-state index in [1.165, 1.54) is 23.1 Å². The van der Waals surface area contributed by atoms with Crippen molar-refractivity contribution in [2.45, 2.75) is 31.5 Å². The maximum Gasteiger partial charge on any atom is 0.319 e. The van der Waals surface area contributed by atoms with Crippen LogP contribution in [0.3, 0.4) is 0 Å². The van der Waals surface area contributed by atoms with Crippen LogP contribution in [-0.4, -0.2) is 47.4 Å². The van der Waals surface area contributed by atoms with Gasteiger partial charge in [-0.2, -0.15) is 0 Å². The molecule has 0 unspecified atom stereocenters. The number of fused-ring (bicyclic) bond motifs is 1. The summed E-state index contributed by atoms with van der Waals surface area (Å²) < 4.78 is 13.5. The molecule has 2 aliphatic heterocycles. The van der Waals surface area contributed by atoms with Crippen molar-refractivity contribution in [2.75, 3.05) is 11.9 Å². The molecule has 3 N–H and O–H groups in total. The SMILES string of the molecule is C[C@@H]1NC(=O)[C@@H]2C[C@H](NC(=O)Nc3ccccc3F)CN2C1=O. The van der Waals surface area contributed by atoms with Gasteiger partial charge in [0.2, 0.25) is 11.8 Å². The number of amides is 4. The highest BCUT2D eigenvalue weighted by Crippen LogP contribution is 2.22. The minimum Gasteiger partial charge on any atom is -0.343 e. The van der Waals surface area contributed by atoms with Crippen LogP contribution in [0.4, 0.5) is 14.9 Å². The van der Waals surface area contributed by atoms with Crippen LogP contribution in [0.15, 0.2) is 24.3 Å². The van der Waals surface area contributed by atoms with Crippen LogP contribution in [0.1, 0.15) is 13.3 Å². The van der Waals surface area contributed by atoms with Crippen molar-refractivity contribution in [3.63, 3.8) is 0 Å². The van der Waals surface area contributed by atoms with E-state index < -0.39 is 23.9 Å². The molecule has 122 valence electrons. The third-order valence-electron chi connectivity index (χ3n) is 4.07. The first-order valence-corrected chi connectivity index (χ1v) is 7.38. The number of carbonyl (C=O) groups excluding carboxylic acids is 3. The van der Waals surface area contributed by atoms with Gasteiger partial charge in [-0.05, 0) is 25.5 Å². The third kappa shape index (κ3) is 2.96. The number of para-hydroxylation sites is 1. The van der Waals surface area contributed by atoms with Crippen LogP contribution in [-0.2, 0) is 9.59 Å². The van der Waals surface area contributed by atoms with Gasteiger partial charge in [0.15, 0.2) is 0 Å². The van der Waals surface area contributed by atoms with Crippen LogP contribution in [0.2, 0.25) is 0 Å². The number of hydrogen-bond acceptors (Lipinski definition) is 3. The monoisotopic (exact) mass is 320 g/mol. The molecule has 2 heterocycles. The van der Waals surface area contributed by atoms with E-state index in [-0.39, 0.29) is 30.1 Å². The topological polar surface area (TPSA) is 90.5 Å². The summed E-state index contributed by atoms with van der Waals surface area (Å²) in [5, 5.41) is 7.71. The van der Waals surface area contributed by atoms with E-state index in [1.807, 2.05) is 0 Å². The Kier molecular flexibility index (Phi) is 3.89. The lowest BCUT2D eigenvalue weighted by atomic mass is 10.1. The Labute approximate surface area is 132 Å². The Morgan fingerprint density at radius 1 is 1.35 bits per heavy atom. The average molecular weight is 320 g/mol. The van der Waals surface area contributed by atoms with Gasteiger partial charge in [-0.3, -0.25) is 9.59 Å². The number of nitrogens with one attached hydrogen (secondary N) is 3. The van der Waals surface area contributed by atoms with Gasteiger partial charge < -0.3 is 20.9 Å². The van der Waals surface area contributed by atoms with Gasteiger partial charge in [0.25, 0.3) is 0 Å². The second kappa shape index (κ2) is 5.86. The minimum absolute atomic E-state index is 0.0724. The zero-order chi connectivity index (χ0) is 16.6. The summed E-state index contributed by atoms with van der Waals surface area (Å²) in [6, 6.07) is 3.80. The standard InChI is InChI=1S/C15H17FN4O3/c1-8-14(22)20-7-9(6-12(20)13(21)17-8)18-15(23)19-11-5-3-2-4-10(11)16/h2-5,8-9,12H,6-7H2,1H3,(H,17,21)(H2,18,19,23)/t8-,9-,12-/m0/s1. The first-order chi connectivity index (χ1) is 11.0. The van der Waals surface area contributed by atoms with Gasteiger partial charge >= 0.3 is 6.03 Å². The molecule has 2 saturated heterocycles. The predicted octanol–water partition coefficient (Wildman–Crippen LogP) is 0.435. The van der Waals surface area contributed by atoms with Crippen LogP contribution in [0.5, 0.6) is 0 Å². The van der Waals surface area contributed by atoms with Crippen molar-refractivity contribution >= 4 is 23.5 Å². The molecule has 4 amide bonds. The molecule has 0 saturated carbocycles. The van der Waals surface area contributed by atoms with E-state index in [9.17, 15) is 18.8 Å². The van der Waals surface area contributed by atoms with Gasteiger partial charge in [0.05, 0.1) is 11.7 Å². The fourth-order valence-corrected chi connectivity index (χ4v) is 2.96. The molecule has 2 aliphatic rings. The van der Waals surface area contributed by atoms with Gasteiger partial charge in [-0.25, -0.2) is 9.18 Å². The Hall–Kier alpha value is -2.64. The fraction of sp³-hybridized carbons (Fsp3) is 0.400. The third-order valence-corrected chi connectivity index (χ3v) is 4.07. The molecule has 0 aromatic heterocycles. The van der Waals surface area contributed by atoms with Crippen molar-refractivity contribution < 1.29 is 18.8 Å². The molecule has 0 bridgehead atoms. The predicted molar refractivity (Wildman–Crippen MR) is 80.1 cm³/mol. The Morgan fingerprint density at radius 3 is 2.83 bits per heavy atom. The zero-order valence-electron chi connectivity index (χ0n) is 12.5. The minimum atomic E-state index is -0.569. The highest BCUT2D eigenvalue weighted by atomic mass is 19.1. The second-order valence-electron chi connectivity index (χ2n) is 5.75. The molecular weight excluding hydrogens is 303 g/mol. The molecule has 3 rings (SSSR count). The summed E-state index contributed by atoms with van der Waals surface area (Å²) in [7, 11) is 0. The van der Waals surface area contributed by atoms with E-state index in [0.717, 1.165) is 0 Å². The number of benzene rings is 1. The molecular formula is C15H17FN4O3. The lowest BCUT2D eigenvalue weighted by Crippen LogP contribution is -2.60.